The van der Waals surface area contributed by atoms with Crippen molar-refractivity contribution in [1.29, 1.82) is 0 Å². The molecule has 0 bridgehead atoms. The normalized spacial score (nSPS) is 10.7. The summed E-state index contributed by atoms with van der Waals surface area (Å²) >= 11 is 6.53. The molecule has 0 atom stereocenters. The van der Waals surface area contributed by atoms with E-state index in [4.69, 9.17) is 31.3 Å². The number of hydrogen-bond acceptors (Lipinski definition) is 6. The first-order valence-electron chi connectivity index (χ1n) is 10.5. The number of nitrogens with two attached hydrogens (primary N) is 1. The van der Waals surface area contributed by atoms with Gasteiger partial charge in [0.05, 0.1) is 10.6 Å². The third-order valence-corrected chi connectivity index (χ3v) is 5.24. The number of carbonyl (C=O) groups excluding carboxylic acids is 1. The van der Waals surface area contributed by atoms with Crippen molar-refractivity contribution >= 4 is 17.4 Å². The second kappa shape index (κ2) is 10.8. The number of Topliss-reactive ketones (excluding diaryl/α,β-unsaturated/α-hetero) is 1. The monoisotopic (exact) mass is 462 g/mol. The minimum Gasteiger partial charge on any atom is -0.488 e. The number of hydrogen-bond donors (Lipinski definition) is 1. The molecule has 0 unspecified atom stereocenters. The molecule has 33 heavy (non-hydrogen) atoms. The van der Waals surface area contributed by atoms with Crippen LogP contribution < -0.4 is 15.2 Å². The van der Waals surface area contributed by atoms with Crippen LogP contribution in [0.1, 0.15) is 28.0 Å². The van der Waals surface area contributed by atoms with Crippen LogP contribution in [0.5, 0.6) is 11.5 Å². The smallest absolute Gasteiger partial charge is 0.185 e. The fourth-order valence-electron chi connectivity index (χ4n) is 3.22. The Kier molecular flexibility index (Phi) is 7.40. The van der Waals surface area contributed by atoms with Crippen LogP contribution in [0, 0.1) is 0 Å². The molecule has 168 valence electrons. The van der Waals surface area contributed by atoms with E-state index in [0.717, 1.165) is 11.1 Å². The summed E-state index contributed by atoms with van der Waals surface area (Å²) in [6, 6.07) is 24.6. The highest BCUT2D eigenvalue weighted by molar-refractivity contribution is 6.32. The van der Waals surface area contributed by atoms with Crippen molar-refractivity contribution in [2.75, 3.05) is 6.54 Å². The van der Waals surface area contributed by atoms with Gasteiger partial charge in [0.25, 0.3) is 0 Å². The van der Waals surface area contributed by atoms with Crippen LogP contribution in [-0.2, 0) is 13.2 Å². The number of ketones is 1. The zero-order valence-electron chi connectivity index (χ0n) is 17.9. The van der Waals surface area contributed by atoms with E-state index in [-0.39, 0.29) is 24.4 Å². The molecule has 0 saturated heterocycles. The lowest BCUT2D eigenvalue weighted by Crippen LogP contribution is -2.08. The van der Waals surface area contributed by atoms with Crippen LogP contribution in [0.15, 0.2) is 83.4 Å². The van der Waals surface area contributed by atoms with Gasteiger partial charge in [0.2, 0.25) is 0 Å². The molecule has 0 aliphatic heterocycles. The fourth-order valence-corrected chi connectivity index (χ4v) is 3.44. The van der Waals surface area contributed by atoms with Crippen LogP contribution in [-0.4, -0.2) is 17.5 Å². The Morgan fingerprint density at radius 2 is 1.48 bits per heavy atom. The number of aromatic nitrogens is 1. The van der Waals surface area contributed by atoms with E-state index in [1.54, 1.807) is 18.2 Å². The zero-order chi connectivity index (χ0) is 23.0. The van der Waals surface area contributed by atoms with E-state index in [1.165, 1.54) is 0 Å². The SMILES string of the molecule is NCCC(=O)c1cc(-c2cc(Cl)c(OCc3ccccc3)cc2OCc2ccccc2)on1. The number of rotatable bonds is 10. The highest BCUT2D eigenvalue weighted by Crippen LogP contribution is 2.39. The highest BCUT2D eigenvalue weighted by Gasteiger charge is 2.19. The molecule has 1 aromatic heterocycles. The Morgan fingerprint density at radius 1 is 0.879 bits per heavy atom. The van der Waals surface area contributed by atoms with E-state index >= 15 is 0 Å². The summed E-state index contributed by atoms with van der Waals surface area (Å²) in [5.74, 6) is 1.16. The third-order valence-electron chi connectivity index (χ3n) is 4.94. The number of halogens is 1. The van der Waals surface area contributed by atoms with E-state index in [1.807, 2.05) is 60.7 Å². The molecule has 3 aromatic carbocycles. The topological polar surface area (TPSA) is 87.6 Å². The average molecular weight is 463 g/mol. The van der Waals surface area contributed by atoms with Crippen molar-refractivity contribution in [3.63, 3.8) is 0 Å². The molecule has 0 saturated carbocycles. The summed E-state index contributed by atoms with van der Waals surface area (Å²) in [5.41, 5.74) is 8.28. The number of carbonyl (C=O) groups is 1. The Balaban J connectivity index is 1.63. The van der Waals surface area contributed by atoms with Crippen molar-refractivity contribution in [2.24, 2.45) is 5.73 Å². The molecule has 6 nitrogen and oxygen atoms in total. The van der Waals surface area contributed by atoms with Gasteiger partial charge in [0.15, 0.2) is 11.5 Å². The Bertz CT molecular complexity index is 1210. The summed E-state index contributed by atoms with van der Waals surface area (Å²) in [4.78, 5) is 12.1. The summed E-state index contributed by atoms with van der Waals surface area (Å²) in [7, 11) is 0. The minimum atomic E-state index is -0.187. The largest absolute Gasteiger partial charge is 0.488 e. The zero-order valence-corrected chi connectivity index (χ0v) is 18.6. The van der Waals surface area contributed by atoms with Crippen molar-refractivity contribution in [2.45, 2.75) is 19.6 Å². The van der Waals surface area contributed by atoms with E-state index in [0.29, 0.717) is 41.1 Å². The third kappa shape index (κ3) is 5.80. The summed E-state index contributed by atoms with van der Waals surface area (Å²) < 4.78 is 17.5. The predicted octanol–water partition coefficient (Wildman–Crippen LogP) is 5.68. The summed E-state index contributed by atoms with van der Waals surface area (Å²) in [5, 5.41) is 4.28. The summed E-state index contributed by atoms with van der Waals surface area (Å²) in [6.07, 6.45) is 0.191. The van der Waals surface area contributed by atoms with Crippen molar-refractivity contribution in [1.82, 2.24) is 5.16 Å². The predicted molar refractivity (Wildman–Crippen MR) is 126 cm³/mol. The van der Waals surface area contributed by atoms with Gasteiger partial charge in [-0.2, -0.15) is 0 Å². The van der Waals surface area contributed by atoms with E-state index in [9.17, 15) is 4.79 Å². The molecular weight excluding hydrogens is 440 g/mol. The maximum Gasteiger partial charge on any atom is 0.185 e. The first kappa shape index (κ1) is 22.6. The van der Waals surface area contributed by atoms with Gasteiger partial charge in [-0.15, -0.1) is 0 Å². The number of nitrogens with zero attached hydrogens (tertiary/aromatic N) is 1. The quantitative estimate of drug-likeness (QED) is 0.305. The minimum absolute atomic E-state index is 0.187. The van der Waals surface area contributed by atoms with Gasteiger partial charge in [-0.3, -0.25) is 4.79 Å². The maximum atomic E-state index is 12.1. The van der Waals surface area contributed by atoms with Crippen LogP contribution in [0.4, 0.5) is 0 Å². The van der Waals surface area contributed by atoms with Gasteiger partial charge in [0, 0.05) is 18.6 Å². The van der Waals surface area contributed by atoms with Gasteiger partial charge in [-0.05, 0) is 23.7 Å². The van der Waals surface area contributed by atoms with Crippen molar-refractivity contribution < 1.29 is 18.8 Å². The first-order valence-corrected chi connectivity index (χ1v) is 10.9. The molecule has 0 fully saturated rings. The van der Waals surface area contributed by atoms with E-state index in [2.05, 4.69) is 5.16 Å². The molecule has 0 spiro atoms. The van der Waals surface area contributed by atoms with Crippen molar-refractivity contribution in [3.05, 3.63) is 101 Å². The van der Waals surface area contributed by atoms with Crippen LogP contribution in [0.25, 0.3) is 11.3 Å². The second-order valence-corrected chi connectivity index (χ2v) is 7.77. The van der Waals surface area contributed by atoms with Crippen molar-refractivity contribution in [3.8, 4) is 22.8 Å². The van der Waals surface area contributed by atoms with Gasteiger partial charge in [-0.25, -0.2) is 0 Å². The molecule has 0 aliphatic rings. The fraction of sp³-hybridized carbons (Fsp3) is 0.154. The molecule has 7 heteroatoms. The average Bonchev–Trinajstić information content (AvgIpc) is 3.34. The van der Waals surface area contributed by atoms with Gasteiger partial charge >= 0.3 is 0 Å². The molecule has 4 rings (SSSR count). The standard InChI is InChI=1S/C26H23ClN2O4/c27-21-13-20(25-14-22(29-33-25)23(30)11-12-28)24(31-16-18-7-3-1-4-8-18)15-26(21)32-17-19-9-5-2-6-10-19/h1-10,13-15H,11-12,16-17,28H2. The van der Waals surface area contributed by atoms with Gasteiger partial charge in [0.1, 0.15) is 30.4 Å². The van der Waals surface area contributed by atoms with Crippen LogP contribution >= 0.6 is 11.6 Å². The second-order valence-electron chi connectivity index (χ2n) is 7.37. The van der Waals surface area contributed by atoms with Crippen LogP contribution in [0.2, 0.25) is 5.02 Å². The Hall–Kier alpha value is -3.61. The number of ether oxygens (including phenoxy) is 2. The summed E-state index contributed by atoms with van der Waals surface area (Å²) in [6.45, 7) is 0.935. The first-order chi connectivity index (χ1) is 16.1. The number of benzene rings is 3. The lowest BCUT2D eigenvalue weighted by atomic mass is 10.1. The van der Waals surface area contributed by atoms with Crippen LogP contribution in [0.3, 0.4) is 0 Å². The van der Waals surface area contributed by atoms with Gasteiger partial charge < -0.3 is 19.7 Å². The maximum absolute atomic E-state index is 12.1. The molecule has 2 N–H and O–H groups in total. The highest BCUT2D eigenvalue weighted by atomic mass is 35.5. The van der Waals surface area contributed by atoms with E-state index < -0.39 is 0 Å². The van der Waals surface area contributed by atoms with Gasteiger partial charge in [-0.1, -0.05) is 77.4 Å². The molecule has 1 heterocycles. The molecule has 0 radical (unpaired) electrons. The Morgan fingerprint density at radius 3 is 2.09 bits per heavy atom. The molecule has 0 amide bonds. The molecule has 4 aromatic rings. The lowest BCUT2D eigenvalue weighted by Gasteiger charge is -2.14. The molecular formula is C26H23ClN2O4. The lowest BCUT2D eigenvalue weighted by molar-refractivity contribution is 0.0977. The Labute approximate surface area is 196 Å². The molecule has 0 aliphatic carbocycles.